The average molecular weight is 385 g/mol. The van der Waals surface area contributed by atoms with Crippen LogP contribution in [0.2, 0.25) is 0 Å². The highest BCUT2D eigenvalue weighted by Gasteiger charge is 2.31. The molecule has 0 bridgehead atoms. The van der Waals surface area contributed by atoms with E-state index < -0.39 is 0 Å². The van der Waals surface area contributed by atoms with Gasteiger partial charge in [0, 0.05) is 46.3 Å². The molecule has 2 amide bonds. The third-order valence-electron chi connectivity index (χ3n) is 4.82. The van der Waals surface area contributed by atoms with Gasteiger partial charge in [-0.1, -0.05) is 35.5 Å². The zero-order valence-electron chi connectivity index (χ0n) is 16.6. The normalized spacial score (nSPS) is 16.5. The number of benzene rings is 1. The molecule has 3 rings (SSSR count). The number of carbonyl (C=O) groups is 2. The summed E-state index contributed by atoms with van der Waals surface area (Å²) in [6, 6.07) is 11.2. The van der Waals surface area contributed by atoms with Crippen molar-refractivity contribution in [3.8, 4) is 0 Å². The van der Waals surface area contributed by atoms with Crippen molar-refractivity contribution in [2.75, 3.05) is 52.1 Å². The molecule has 8 nitrogen and oxygen atoms in total. The van der Waals surface area contributed by atoms with Crippen molar-refractivity contribution >= 4 is 17.6 Å². The van der Waals surface area contributed by atoms with Crippen LogP contribution in [0.15, 0.2) is 40.9 Å². The predicted octanol–water partition coefficient (Wildman–Crippen LogP) is 1.37. The molecule has 1 aromatic carbocycles. The Morgan fingerprint density at radius 3 is 2.43 bits per heavy atom. The van der Waals surface area contributed by atoms with E-state index >= 15 is 0 Å². The number of carbonyl (C=O) groups excluding carboxylic acids is 2. The summed E-state index contributed by atoms with van der Waals surface area (Å²) in [5.41, 5.74) is 0.994. The van der Waals surface area contributed by atoms with Gasteiger partial charge >= 0.3 is 0 Å². The molecule has 1 aliphatic heterocycles. The minimum atomic E-state index is -0.301. The molecule has 1 unspecified atom stereocenters. The lowest BCUT2D eigenvalue weighted by Crippen LogP contribution is -2.52. The first kappa shape index (κ1) is 20.0. The third-order valence-corrected chi connectivity index (χ3v) is 4.82. The number of likely N-dealkylation sites (N-methyl/N-ethyl adjacent to an activating group) is 1. The van der Waals surface area contributed by atoms with Gasteiger partial charge in [-0.3, -0.25) is 19.4 Å². The van der Waals surface area contributed by atoms with Gasteiger partial charge in [0.2, 0.25) is 11.8 Å². The summed E-state index contributed by atoms with van der Waals surface area (Å²) in [6.07, 6.45) is 0. The SMILES string of the molecule is Cc1cc(NC(=O)CN2CCN(C(C(=O)N(C)C)c3ccccc3)CC2)no1. The first-order valence-electron chi connectivity index (χ1n) is 9.39. The van der Waals surface area contributed by atoms with Gasteiger partial charge in [0.1, 0.15) is 11.8 Å². The van der Waals surface area contributed by atoms with Crippen LogP contribution in [0.25, 0.3) is 0 Å². The lowest BCUT2D eigenvalue weighted by molar-refractivity contribution is -0.135. The van der Waals surface area contributed by atoms with Gasteiger partial charge in [-0.05, 0) is 12.5 Å². The number of aryl methyl sites for hydroxylation is 1. The second-order valence-corrected chi connectivity index (χ2v) is 7.23. The van der Waals surface area contributed by atoms with Crippen LogP contribution < -0.4 is 5.32 Å². The number of hydrogen-bond acceptors (Lipinski definition) is 6. The largest absolute Gasteiger partial charge is 0.360 e. The van der Waals surface area contributed by atoms with Crippen molar-refractivity contribution in [1.82, 2.24) is 19.9 Å². The Labute approximate surface area is 165 Å². The van der Waals surface area contributed by atoms with E-state index in [1.54, 1.807) is 32.0 Å². The summed E-state index contributed by atoms with van der Waals surface area (Å²) in [4.78, 5) is 30.9. The third kappa shape index (κ3) is 4.96. The maximum Gasteiger partial charge on any atom is 0.244 e. The molecule has 0 radical (unpaired) electrons. The Balaban J connectivity index is 1.58. The minimum absolute atomic E-state index is 0.0683. The molecule has 1 aromatic heterocycles. The molecule has 150 valence electrons. The maximum atomic E-state index is 12.8. The van der Waals surface area contributed by atoms with E-state index in [-0.39, 0.29) is 24.4 Å². The van der Waals surface area contributed by atoms with Crippen molar-refractivity contribution in [3.63, 3.8) is 0 Å². The van der Waals surface area contributed by atoms with E-state index in [1.165, 1.54) is 0 Å². The molecule has 2 heterocycles. The summed E-state index contributed by atoms with van der Waals surface area (Å²) in [5.74, 6) is 1.04. The molecule has 0 saturated carbocycles. The van der Waals surface area contributed by atoms with E-state index in [1.807, 2.05) is 30.3 Å². The number of piperazine rings is 1. The number of rotatable bonds is 6. The topological polar surface area (TPSA) is 81.9 Å². The minimum Gasteiger partial charge on any atom is -0.360 e. The quantitative estimate of drug-likeness (QED) is 0.809. The molecular formula is C20H27N5O3. The van der Waals surface area contributed by atoms with E-state index in [0.717, 1.165) is 31.7 Å². The van der Waals surface area contributed by atoms with Crippen LogP contribution in [-0.2, 0) is 9.59 Å². The predicted molar refractivity (Wildman–Crippen MR) is 106 cm³/mol. The van der Waals surface area contributed by atoms with Gasteiger partial charge in [-0.2, -0.15) is 0 Å². The molecule has 1 atom stereocenters. The molecule has 2 aromatic rings. The molecule has 0 aliphatic carbocycles. The van der Waals surface area contributed by atoms with E-state index in [9.17, 15) is 9.59 Å². The fraction of sp³-hybridized carbons (Fsp3) is 0.450. The molecule has 8 heteroatoms. The van der Waals surface area contributed by atoms with E-state index in [4.69, 9.17) is 4.52 Å². The van der Waals surface area contributed by atoms with Crippen molar-refractivity contribution in [3.05, 3.63) is 47.7 Å². The molecular weight excluding hydrogens is 358 g/mol. The van der Waals surface area contributed by atoms with Gasteiger partial charge in [-0.25, -0.2) is 0 Å². The number of anilines is 1. The Bertz CT molecular complexity index is 797. The van der Waals surface area contributed by atoms with Gasteiger partial charge in [0.25, 0.3) is 0 Å². The summed E-state index contributed by atoms with van der Waals surface area (Å²) < 4.78 is 4.96. The number of amides is 2. The number of nitrogens with zero attached hydrogens (tertiary/aromatic N) is 4. The van der Waals surface area contributed by atoms with Crippen LogP contribution in [0.3, 0.4) is 0 Å². The van der Waals surface area contributed by atoms with Crippen molar-refractivity contribution in [2.24, 2.45) is 0 Å². The maximum absolute atomic E-state index is 12.8. The van der Waals surface area contributed by atoms with Crippen LogP contribution in [0, 0.1) is 6.92 Å². The summed E-state index contributed by atoms with van der Waals surface area (Å²) in [7, 11) is 3.56. The highest BCUT2D eigenvalue weighted by atomic mass is 16.5. The zero-order valence-corrected chi connectivity index (χ0v) is 16.6. The number of aromatic nitrogens is 1. The van der Waals surface area contributed by atoms with Crippen LogP contribution in [0.5, 0.6) is 0 Å². The summed E-state index contributed by atoms with van der Waals surface area (Å²) >= 11 is 0. The van der Waals surface area contributed by atoms with Crippen molar-refractivity contribution in [2.45, 2.75) is 13.0 Å². The molecule has 1 fully saturated rings. The molecule has 1 aliphatic rings. The fourth-order valence-electron chi connectivity index (χ4n) is 3.38. The van der Waals surface area contributed by atoms with Crippen molar-refractivity contribution in [1.29, 1.82) is 0 Å². The van der Waals surface area contributed by atoms with Crippen molar-refractivity contribution < 1.29 is 14.1 Å². The average Bonchev–Trinajstić information content (AvgIpc) is 3.08. The molecule has 28 heavy (non-hydrogen) atoms. The Morgan fingerprint density at radius 1 is 1.18 bits per heavy atom. The lowest BCUT2D eigenvalue weighted by atomic mass is 10.0. The fourth-order valence-corrected chi connectivity index (χ4v) is 3.38. The Kier molecular flexibility index (Phi) is 6.43. The molecule has 0 spiro atoms. The molecule has 1 N–H and O–H groups in total. The smallest absolute Gasteiger partial charge is 0.244 e. The standard InChI is InChI=1S/C20H27N5O3/c1-15-13-17(22-28-15)21-18(26)14-24-9-11-25(12-10-24)19(20(27)23(2)3)16-7-5-4-6-8-16/h4-8,13,19H,9-12,14H2,1-3H3,(H,21,22,26). The van der Waals surface area contributed by atoms with Crippen LogP contribution in [-0.4, -0.2) is 78.5 Å². The summed E-state index contributed by atoms with van der Waals surface area (Å²) in [6.45, 7) is 4.94. The zero-order chi connectivity index (χ0) is 20.1. The first-order valence-corrected chi connectivity index (χ1v) is 9.39. The van der Waals surface area contributed by atoms with Crippen LogP contribution >= 0.6 is 0 Å². The number of hydrogen-bond donors (Lipinski definition) is 1. The van der Waals surface area contributed by atoms with Crippen LogP contribution in [0.1, 0.15) is 17.4 Å². The van der Waals surface area contributed by atoms with Gasteiger partial charge in [-0.15, -0.1) is 0 Å². The Hall–Kier alpha value is -2.71. The second kappa shape index (κ2) is 8.99. The van der Waals surface area contributed by atoms with E-state index in [0.29, 0.717) is 11.6 Å². The van der Waals surface area contributed by atoms with Gasteiger partial charge < -0.3 is 14.7 Å². The monoisotopic (exact) mass is 385 g/mol. The van der Waals surface area contributed by atoms with E-state index in [2.05, 4.69) is 20.3 Å². The second-order valence-electron chi connectivity index (χ2n) is 7.23. The summed E-state index contributed by atoms with van der Waals surface area (Å²) in [5, 5.41) is 6.52. The number of nitrogens with one attached hydrogen (secondary N) is 1. The van der Waals surface area contributed by atoms with Crippen LogP contribution in [0.4, 0.5) is 5.82 Å². The van der Waals surface area contributed by atoms with Gasteiger partial charge in [0.05, 0.1) is 6.54 Å². The highest BCUT2D eigenvalue weighted by Crippen LogP contribution is 2.24. The molecule has 1 saturated heterocycles. The first-order chi connectivity index (χ1) is 13.4. The Morgan fingerprint density at radius 2 is 1.86 bits per heavy atom. The van der Waals surface area contributed by atoms with Gasteiger partial charge in [0.15, 0.2) is 5.82 Å². The lowest BCUT2D eigenvalue weighted by Gasteiger charge is -2.39. The highest BCUT2D eigenvalue weighted by molar-refractivity contribution is 5.91.